The highest BCUT2D eigenvalue weighted by Gasteiger charge is 2.17. The van der Waals surface area contributed by atoms with Gasteiger partial charge in [0.2, 0.25) is 0 Å². The molecular formula is C20H16N4OS. The van der Waals surface area contributed by atoms with Gasteiger partial charge in [-0.15, -0.1) is 0 Å². The fourth-order valence-corrected chi connectivity index (χ4v) is 3.42. The van der Waals surface area contributed by atoms with Gasteiger partial charge in [0.15, 0.2) is 16.3 Å². The molecule has 0 aliphatic carbocycles. The zero-order chi connectivity index (χ0) is 18.1. The first-order valence-corrected chi connectivity index (χ1v) is 9.35. The minimum Gasteiger partial charge on any atom is -0.307 e. The van der Waals surface area contributed by atoms with E-state index in [1.165, 1.54) is 11.8 Å². The van der Waals surface area contributed by atoms with Crippen molar-refractivity contribution < 1.29 is 0 Å². The molecule has 2 heterocycles. The van der Waals surface area contributed by atoms with Gasteiger partial charge in [0.25, 0.3) is 0 Å². The summed E-state index contributed by atoms with van der Waals surface area (Å²) in [4.78, 5) is 26.2. The van der Waals surface area contributed by atoms with E-state index in [-0.39, 0.29) is 11.1 Å². The van der Waals surface area contributed by atoms with E-state index < -0.39 is 0 Å². The number of rotatable bonds is 3. The van der Waals surface area contributed by atoms with Gasteiger partial charge in [-0.3, -0.25) is 4.79 Å². The second kappa shape index (κ2) is 6.72. The van der Waals surface area contributed by atoms with E-state index in [1.807, 2.05) is 78.5 Å². The number of thioether (sulfide) groups is 1. The van der Waals surface area contributed by atoms with Crippen molar-refractivity contribution in [3.63, 3.8) is 0 Å². The molecule has 4 aromatic rings. The predicted octanol–water partition coefficient (Wildman–Crippen LogP) is 3.78. The molecule has 0 spiro atoms. The van der Waals surface area contributed by atoms with Crippen LogP contribution in [0.2, 0.25) is 0 Å². The second-order valence-corrected chi connectivity index (χ2v) is 6.56. The Bertz CT molecular complexity index is 1140. The summed E-state index contributed by atoms with van der Waals surface area (Å²) in [7, 11) is 1.85. The molecule has 0 atom stereocenters. The average molecular weight is 360 g/mol. The van der Waals surface area contributed by atoms with Crippen LogP contribution in [-0.2, 0) is 7.05 Å². The summed E-state index contributed by atoms with van der Waals surface area (Å²) >= 11 is 1.41. The molecular weight excluding hydrogens is 344 g/mol. The van der Waals surface area contributed by atoms with Crippen LogP contribution in [-0.4, -0.2) is 25.8 Å². The van der Waals surface area contributed by atoms with Gasteiger partial charge in [-0.1, -0.05) is 72.4 Å². The standard InChI is InChI=1S/C20H16N4OS/c1-24-18-17(19(25)23-20(24)26-2)21-15(13-9-5-3-6-10-13)16(22-18)14-11-7-4-8-12-14/h3-12H,1-2H3. The zero-order valence-electron chi connectivity index (χ0n) is 14.4. The van der Waals surface area contributed by atoms with Crippen LogP contribution in [0.5, 0.6) is 0 Å². The Labute approximate surface area is 154 Å². The molecule has 5 nitrogen and oxygen atoms in total. The van der Waals surface area contributed by atoms with Crippen molar-refractivity contribution in [2.75, 3.05) is 6.26 Å². The number of aromatic nitrogens is 4. The molecule has 0 aliphatic heterocycles. The Morgan fingerprint density at radius 1 is 0.808 bits per heavy atom. The molecule has 0 radical (unpaired) electrons. The SMILES string of the molecule is CSc1nc(=O)c2nc(-c3ccccc3)c(-c3ccccc3)nc2n1C. The van der Waals surface area contributed by atoms with E-state index in [0.717, 1.165) is 16.8 Å². The lowest BCUT2D eigenvalue weighted by Crippen LogP contribution is -2.17. The summed E-state index contributed by atoms with van der Waals surface area (Å²) in [6.07, 6.45) is 1.89. The Morgan fingerprint density at radius 2 is 1.35 bits per heavy atom. The minimum atomic E-state index is -0.355. The molecule has 26 heavy (non-hydrogen) atoms. The van der Waals surface area contributed by atoms with Crippen LogP contribution >= 0.6 is 11.8 Å². The van der Waals surface area contributed by atoms with Gasteiger partial charge in [0.05, 0.1) is 11.4 Å². The maximum Gasteiger partial charge on any atom is 0.301 e. The van der Waals surface area contributed by atoms with Gasteiger partial charge < -0.3 is 4.57 Å². The van der Waals surface area contributed by atoms with Crippen molar-refractivity contribution in [2.45, 2.75) is 5.16 Å². The molecule has 0 aliphatic rings. The van der Waals surface area contributed by atoms with Gasteiger partial charge in [0, 0.05) is 18.2 Å². The Balaban J connectivity index is 2.12. The van der Waals surface area contributed by atoms with Gasteiger partial charge in [0.1, 0.15) is 0 Å². The smallest absolute Gasteiger partial charge is 0.301 e. The Hall–Kier alpha value is -2.99. The number of benzene rings is 2. The highest BCUT2D eigenvalue weighted by molar-refractivity contribution is 7.98. The number of hydrogen-bond acceptors (Lipinski definition) is 5. The first kappa shape index (κ1) is 16.5. The largest absolute Gasteiger partial charge is 0.307 e. The first-order valence-electron chi connectivity index (χ1n) is 8.12. The highest BCUT2D eigenvalue weighted by Crippen LogP contribution is 2.30. The first-order chi connectivity index (χ1) is 12.7. The van der Waals surface area contributed by atoms with Crippen molar-refractivity contribution in [2.24, 2.45) is 7.05 Å². The third-order valence-electron chi connectivity index (χ3n) is 4.16. The summed E-state index contributed by atoms with van der Waals surface area (Å²) in [6, 6.07) is 19.7. The molecule has 4 rings (SSSR count). The maximum absolute atomic E-state index is 12.5. The lowest BCUT2D eigenvalue weighted by atomic mass is 10.0. The lowest BCUT2D eigenvalue weighted by molar-refractivity contribution is 0.753. The molecule has 2 aromatic heterocycles. The summed E-state index contributed by atoms with van der Waals surface area (Å²) < 4.78 is 1.82. The summed E-state index contributed by atoms with van der Waals surface area (Å²) in [6.45, 7) is 0. The number of aryl methyl sites for hydroxylation is 1. The van der Waals surface area contributed by atoms with E-state index in [1.54, 1.807) is 0 Å². The fourth-order valence-electron chi connectivity index (χ4n) is 2.89. The third kappa shape index (κ3) is 2.78. The quantitative estimate of drug-likeness (QED) is 0.411. The third-order valence-corrected chi connectivity index (χ3v) is 4.89. The monoisotopic (exact) mass is 360 g/mol. The molecule has 0 fully saturated rings. The molecule has 0 amide bonds. The van der Waals surface area contributed by atoms with E-state index in [2.05, 4.69) is 9.97 Å². The van der Waals surface area contributed by atoms with Crippen LogP contribution in [0.3, 0.4) is 0 Å². The van der Waals surface area contributed by atoms with E-state index in [0.29, 0.717) is 16.5 Å². The molecule has 0 N–H and O–H groups in total. The summed E-state index contributed by atoms with van der Waals surface area (Å²) in [5, 5.41) is 0.614. The lowest BCUT2D eigenvalue weighted by Gasteiger charge is -2.13. The van der Waals surface area contributed by atoms with E-state index in [4.69, 9.17) is 4.98 Å². The van der Waals surface area contributed by atoms with Crippen LogP contribution in [0.1, 0.15) is 0 Å². The number of nitrogens with zero attached hydrogens (tertiary/aromatic N) is 4. The zero-order valence-corrected chi connectivity index (χ0v) is 15.2. The van der Waals surface area contributed by atoms with Crippen molar-refractivity contribution in [1.29, 1.82) is 0 Å². The fraction of sp³-hybridized carbons (Fsp3) is 0.100. The maximum atomic E-state index is 12.5. The van der Waals surface area contributed by atoms with Gasteiger partial charge in [-0.05, 0) is 6.26 Å². The van der Waals surface area contributed by atoms with E-state index in [9.17, 15) is 4.79 Å². The van der Waals surface area contributed by atoms with Crippen LogP contribution in [0.4, 0.5) is 0 Å². The van der Waals surface area contributed by atoms with Crippen molar-refractivity contribution >= 4 is 22.9 Å². The second-order valence-electron chi connectivity index (χ2n) is 5.79. The van der Waals surface area contributed by atoms with Crippen LogP contribution in [0.25, 0.3) is 33.7 Å². The summed E-state index contributed by atoms with van der Waals surface area (Å²) in [5.74, 6) is 0. The summed E-state index contributed by atoms with van der Waals surface area (Å²) in [5.41, 5.74) is 3.76. The molecule has 2 aromatic carbocycles. The van der Waals surface area contributed by atoms with Crippen molar-refractivity contribution in [3.05, 3.63) is 71.0 Å². The number of hydrogen-bond donors (Lipinski definition) is 0. The minimum absolute atomic E-state index is 0.281. The van der Waals surface area contributed by atoms with Crippen LogP contribution < -0.4 is 5.56 Å². The number of fused-ring (bicyclic) bond motifs is 1. The van der Waals surface area contributed by atoms with Gasteiger partial charge in [-0.2, -0.15) is 4.98 Å². The van der Waals surface area contributed by atoms with Gasteiger partial charge >= 0.3 is 5.56 Å². The normalized spacial score (nSPS) is 11.0. The van der Waals surface area contributed by atoms with Gasteiger partial charge in [-0.25, -0.2) is 9.97 Å². The Kier molecular flexibility index (Phi) is 4.26. The molecule has 6 heteroatoms. The van der Waals surface area contributed by atoms with Crippen LogP contribution in [0, 0.1) is 0 Å². The molecule has 0 bridgehead atoms. The molecule has 0 saturated heterocycles. The molecule has 0 saturated carbocycles. The predicted molar refractivity (Wildman–Crippen MR) is 105 cm³/mol. The average Bonchev–Trinajstić information content (AvgIpc) is 2.71. The van der Waals surface area contributed by atoms with Crippen molar-refractivity contribution in [1.82, 2.24) is 19.5 Å². The molecule has 128 valence electrons. The van der Waals surface area contributed by atoms with E-state index >= 15 is 0 Å². The molecule has 0 unspecified atom stereocenters. The topological polar surface area (TPSA) is 60.7 Å². The highest BCUT2D eigenvalue weighted by atomic mass is 32.2. The van der Waals surface area contributed by atoms with Crippen LogP contribution in [0.15, 0.2) is 70.6 Å². The Morgan fingerprint density at radius 3 is 1.88 bits per heavy atom. The van der Waals surface area contributed by atoms with Crippen molar-refractivity contribution in [3.8, 4) is 22.5 Å².